The number of rotatable bonds is 5. The van der Waals surface area contributed by atoms with E-state index in [-0.39, 0.29) is 17.8 Å². The zero-order chi connectivity index (χ0) is 19.3. The first kappa shape index (κ1) is 17.9. The van der Waals surface area contributed by atoms with Gasteiger partial charge < -0.3 is 15.8 Å². The number of ether oxygens (including phenoxy) is 1. The molecule has 0 amide bonds. The summed E-state index contributed by atoms with van der Waals surface area (Å²) in [5.74, 6) is 1.78. The van der Waals surface area contributed by atoms with Gasteiger partial charge in [-0.3, -0.25) is 10.1 Å². The predicted molar refractivity (Wildman–Crippen MR) is 103 cm³/mol. The van der Waals surface area contributed by atoms with Crippen molar-refractivity contribution in [3.8, 4) is 23.2 Å². The van der Waals surface area contributed by atoms with E-state index in [4.69, 9.17) is 15.7 Å². The molecule has 0 unspecified atom stereocenters. The maximum Gasteiger partial charge on any atom is 0.158 e. The van der Waals surface area contributed by atoms with E-state index < -0.39 is 0 Å². The van der Waals surface area contributed by atoms with Crippen molar-refractivity contribution in [1.82, 2.24) is 25.1 Å². The maximum absolute atomic E-state index is 8.79. The average molecular weight is 376 g/mol. The molecule has 4 rings (SSSR count). The summed E-state index contributed by atoms with van der Waals surface area (Å²) in [4.78, 5) is 12.6. The van der Waals surface area contributed by atoms with E-state index in [0.717, 1.165) is 37.1 Å². The van der Waals surface area contributed by atoms with Gasteiger partial charge in [0.25, 0.3) is 0 Å². The monoisotopic (exact) mass is 376 g/mol. The van der Waals surface area contributed by atoms with Gasteiger partial charge in [-0.25, -0.2) is 9.97 Å². The third-order valence-electron chi connectivity index (χ3n) is 4.64. The second-order valence-corrected chi connectivity index (χ2v) is 6.70. The average Bonchev–Trinajstić information content (AvgIpc) is 3.19. The fourth-order valence-corrected chi connectivity index (χ4v) is 3.16. The van der Waals surface area contributed by atoms with Crippen molar-refractivity contribution in [2.24, 2.45) is 5.73 Å². The molecule has 4 N–H and O–H groups in total. The van der Waals surface area contributed by atoms with Gasteiger partial charge in [0, 0.05) is 18.3 Å². The molecule has 3 aromatic heterocycles. The Balaban J connectivity index is 1.49. The third-order valence-corrected chi connectivity index (χ3v) is 4.64. The number of aromatic nitrogens is 5. The van der Waals surface area contributed by atoms with Crippen LogP contribution in [0.5, 0.6) is 5.75 Å². The molecule has 0 saturated heterocycles. The predicted octanol–water partition coefficient (Wildman–Crippen LogP) is 2.53. The molecule has 0 radical (unpaired) electrons. The first-order valence-corrected chi connectivity index (χ1v) is 9.13. The largest absolute Gasteiger partial charge is 0.488 e. The molecule has 28 heavy (non-hydrogen) atoms. The highest BCUT2D eigenvalue weighted by atomic mass is 16.5. The van der Waals surface area contributed by atoms with E-state index in [2.05, 4.69) is 30.5 Å². The number of aromatic amines is 1. The summed E-state index contributed by atoms with van der Waals surface area (Å²) in [6, 6.07) is 7.81. The molecule has 9 heteroatoms. The highest BCUT2D eigenvalue weighted by Crippen LogP contribution is 2.31. The van der Waals surface area contributed by atoms with Crippen molar-refractivity contribution in [3.63, 3.8) is 0 Å². The smallest absolute Gasteiger partial charge is 0.158 e. The van der Waals surface area contributed by atoms with E-state index in [1.165, 1.54) is 12.4 Å². The van der Waals surface area contributed by atoms with Crippen LogP contribution in [0.25, 0.3) is 11.4 Å². The molecule has 142 valence electrons. The Morgan fingerprint density at radius 2 is 2.00 bits per heavy atom. The number of H-pyrrole nitrogens is 1. The van der Waals surface area contributed by atoms with Crippen LogP contribution in [0, 0.1) is 11.3 Å². The summed E-state index contributed by atoms with van der Waals surface area (Å²) < 4.78 is 6.20. The molecular weight excluding hydrogens is 356 g/mol. The highest BCUT2D eigenvalue weighted by molar-refractivity contribution is 5.66. The van der Waals surface area contributed by atoms with Crippen LogP contribution in [0.2, 0.25) is 0 Å². The molecule has 9 nitrogen and oxygen atoms in total. The minimum atomic E-state index is 0.150. The number of nitrogens with one attached hydrogen (secondary N) is 2. The highest BCUT2D eigenvalue weighted by Gasteiger charge is 2.21. The van der Waals surface area contributed by atoms with Gasteiger partial charge >= 0.3 is 0 Å². The topological polar surface area (TPSA) is 138 Å². The zero-order valence-corrected chi connectivity index (χ0v) is 15.2. The lowest BCUT2D eigenvalue weighted by Crippen LogP contribution is -2.31. The normalized spacial score (nSPS) is 19.0. The van der Waals surface area contributed by atoms with Crippen LogP contribution < -0.4 is 15.8 Å². The van der Waals surface area contributed by atoms with Gasteiger partial charge in [-0.15, -0.1) is 0 Å². The summed E-state index contributed by atoms with van der Waals surface area (Å²) in [5.41, 5.74) is 7.66. The number of hydrogen-bond donors (Lipinski definition) is 3. The lowest BCUT2D eigenvalue weighted by molar-refractivity contribution is 0.147. The number of nitrogens with two attached hydrogens (primary N) is 1. The summed E-state index contributed by atoms with van der Waals surface area (Å²) in [6.07, 6.45) is 8.60. The second-order valence-electron chi connectivity index (χ2n) is 6.70. The Kier molecular flexibility index (Phi) is 5.12. The molecule has 0 atom stereocenters. The fraction of sp³-hybridized carbons (Fsp3) is 0.316. The van der Waals surface area contributed by atoms with Gasteiger partial charge in [-0.1, -0.05) is 0 Å². The number of nitrogens with zero attached hydrogens (tertiary/aromatic N) is 5. The van der Waals surface area contributed by atoms with E-state index in [1.807, 2.05) is 24.3 Å². The van der Waals surface area contributed by atoms with Crippen LogP contribution in [-0.4, -0.2) is 37.3 Å². The quantitative estimate of drug-likeness (QED) is 0.617. The maximum atomic E-state index is 8.79. The molecule has 0 bridgehead atoms. The van der Waals surface area contributed by atoms with Crippen molar-refractivity contribution in [1.29, 1.82) is 5.26 Å². The minimum absolute atomic E-state index is 0.150. The Labute approximate surface area is 162 Å². The molecule has 1 aliphatic carbocycles. The van der Waals surface area contributed by atoms with Crippen molar-refractivity contribution < 1.29 is 4.74 Å². The number of pyridine rings is 1. The lowest BCUT2D eigenvalue weighted by Gasteiger charge is -2.27. The van der Waals surface area contributed by atoms with E-state index >= 15 is 0 Å². The van der Waals surface area contributed by atoms with Crippen LogP contribution in [0.4, 0.5) is 11.6 Å². The molecule has 0 aliphatic heterocycles. The molecule has 3 heterocycles. The van der Waals surface area contributed by atoms with Gasteiger partial charge in [0.15, 0.2) is 11.5 Å². The molecule has 1 saturated carbocycles. The lowest BCUT2D eigenvalue weighted by atomic mass is 9.94. The minimum Gasteiger partial charge on any atom is -0.488 e. The second kappa shape index (κ2) is 8.02. The summed E-state index contributed by atoms with van der Waals surface area (Å²) in [5, 5.41) is 19.1. The van der Waals surface area contributed by atoms with Crippen molar-refractivity contribution in [2.45, 2.75) is 37.8 Å². The van der Waals surface area contributed by atoms with Gasteiger partial charge in [0.2, 0.25) is 0 Å². The number of nitriles is 1. The van der Waals surface area contributed by atoms with Gasteiger partial charge in [-0.05, 0) is 37.8 Å². The van der Waals surface area contributed by atoms with Crippen LogP contribution in [0.3, 0.4) is 0 Å². The zero-order valence-electron chi connectivity index (χ0n) is 15.2. The fourth-order valence-electron chi connectivity index (χ4n) is 3.16. The molecule has 0 aromatic carbocycles. The Morgan fingerprint density at radius 3 is 2.75 bits per heavy atom. The van der Waals surface area contributed by atoms with Crippen molar-refractivity contribution in [3.05, 3.63) is 42.5 Å². The van der Waals surface area contributed by atoms with Gasteiger partial charge in [0.05, 0.1) is 24.2 Å². The van der Waals surface area contributed by atoms with Crippen LogP contribution in [0.1, 0.15) is 31.4 Å². The van der Waals surface area contributed by atoms with E-state index in [9.17, 15) is 0 Å². The van der Waals surface area contributed by atoms with Crippen LogP contribution in [-0.2, 0) is 0 Å². The van der Waals surface area contributed by atoms with E-state index in [0.29, 0.717) is 17.3 Å². The first-order valence-electron chi connectivity index (χ1n) is 9.13. The Bertz CT molecular complexity index is 970. The van der Waals surface area contributed by atoms with Crippen LogP contribution >= 0.6 is 0 Å². The number of anilines is 2. The molecule has 0 spiro atoms. The van der Waals surface area contributed by atoms with Crippen molar-refractivity contribution in [2.75, 3.05) is 5.32 Å². The molecular formula is C19H20N8O. The first-order chi connectivity index (χ1) is 13.7. The van der Waals surface area contributed by atoms with E-state index in [1.54, 1.807) is 6.20 Å². The summed E-state index contributed by atoms with van der Waals surface area (Å²) >= 11 is 0. The Morgan fingerprint density at radius 1 is 1.14 bits per heavy atom. The third kappa shape index (κ3) is 4.07. The molecule has 1 fully saturated rings. The van der Waals surface area contributed by atoms with Crippen molar-refractivity contribution >= 4 is 11.6 Å². The van der Waals surface area contributed by atoms with Gasteiger partial charge in [-0.2, -0.15) is 10.4 Å². The molecule has 3 aromatic rings. The summed E-state index contributed by atoms with van der Waals surface area (Å²) in [6.45, 7) is 0. The number of hydrogen-bond acceptors (Lipinski definition) is 8. The SMILES string of the molecule is N#Cc1cnc(Nc2cc(-c3ncccc3OC3CCC(N)CC3)[nH]n2)cn1. The van der Waals surface area contributed by atoms with Gasteiger partial charge in [0.1, 0.15) is 23.3 Å². The molecule has 1 aliphatic rings. The standard InChI is InChI=1S/C19H20N8O/c20-9-13-10-24-18(11-23-13)25-17-8-15(26-27-17)19-16(2-1-7-22-19)28-14-5-3-12(21)4-6-14/h1-2,7-8,10-12,14H,3-6,21H2,(H2,24,25,26,27). The summed E-state index contributed by atoms with van der Waals surface area (Å²) in [7, 11) is 0. The Hall–Kier alpha value is -3.51. The van der Waals surface area contributed by atoms with Crippen LogP contribution in [0.15, 0.2) is 36.8 Å².